The van der Waals surface area contributed by atoms with Crippen molar-refractivity contribution in [1.82, 2.24) is 0 Å². The highest BCUT2D eigenvalue weighted by Gasteiger charge is 2.54. The molecule has 2 fully saturated rings. The van der Waals surface area contributed by atoms with Crippen LogP contribution in [-0.4, -0.2) is 35.5 Å². The van der Waals surface area contributed by atoms with Gasteiger partial charge in [0.1, 0.15) is 9.88 Å². The summed E-state index contributed by atoms with van der Waals surface area (Å²) in [6.45, 7) is 3.41. The maximum Gasteiger partial charge on any atom is 0.348 e. The lowest BCUT2D eigenvalue weighted by atomic mass is 9.79. The average Bonchev–Trinajstić information content (AvgIpc) is 3.27. The molecule has 4 atom stereocenters. The zero-order valence-electron chi connectivity index (χ0n) is 15.1. The number of primary amides is 1. The third-order valence-corrected chi connectivity index (χ3v) is 6.78. The number of carboxylic acids is 1. The number of amides is 2. The van der Waals surface area contributed by atoms with Gasteiger partial charge in [-0.25, -0.2) is 4.79 Å². The molecular formula is C18H22N2O6S. The number of hydrogen-bond donors (Lipinski definition) is 3. The summed E-state index contributed by atoms with van der Waals surface area (Å²) in [7, 11) is 0. The minimum Gasteiger partial charge on any atom is -0.481 e. The molecule has 0 unspecified atom stereocenters. The summed E-state index contributed by atoms with van der Waals surface area (Å²) < 4.78 is 4.98. The summed E-state index contributed by atoms with van der Waals surface area (Å²) in [5.74, 6) is -4.08. The number of esters is 1. The molecule has 0 spiro atoms. The van der Waals surface area contributed by atoms with Gasteiger partial charge in [0.2, 0.25) is 5.91 Å². The van der Waals surface area contributed by atoms with E-state index in [9.17, 15) is 24.3 Å². The zero-order valence-corrected chi connectivity index (χ0v) is 15.9. The molecule has 2 aliphatic carbocycles. The van der Waals surface area contributed by atoms with Crippen LogP contribution in [0.1, 0.15) is 51.8 Å². The molecular weight excluding hydrogens is 372 g/mol. The Morgan fingerprint density at radius 3 is 2.41 bits per heavy atom. The van der Waals surface area contributed by atoms with Crippen LogP contribution in [0.25, 0.3) is 0 Å². The van der Waals surface area contributed by atoms with Crippen molar-refractivity contribution < 1.29 is 29.0 Å². The summed E-state index contributed by atoms with van der Waals surface area (Å²) >= 11 is 0.925. The highest BCUT2D eigenvalue weighted by atomic mass is 32.1. The summed E-state index contributed by atoms with van der Waals surface area (Å²) in [6, 6.07) is 0. The van der Waals surface area contributed by atoms with Crippen LogP contribution in [0.5, 0.6) is 0 Å². The van der Waals surface area contributed by atoms with Crippen LogP contribution in [0.15, 0.2) is 0 Å². The molecule has 0 aromatic carbocycles. The van der Waals surface area contributed by atoms with E-state index in [4.69, 9.17) is 10.5 Å². The maximum absolute atomic E-state index is 12.9. The number of ether oxygens (including phenoxy) is 1. The Kier molecular flexibility index (Phi) is 5.23. The number of nitrogens with one attached hydrogen (secondary N) is 1. The SMILES string of the molecule is CCOC(=O)c1sc(NC(=O)[C@H]2[C@@H]3CC[C@@H](C3)[C@@H]2C(=O)O)c(C(N)=O)c1C. The second-order valence-electron chi connectivity index (χ2n) is 7.06. The topological polar surface area (TPSA) is 136 Å². The molecule has 8 nitrogen and oxygen atoms in total. The molecule has 3 rings (SSSR count). The van der Waals surface area contributed by atoms with E-state index in [0.29, 0.717) is 5.56 Å². The van der Waals surface area contributed by atoms with Crippen LogP contribution in [0.2, 0.25) is 0 Å². The van der Waals surface area contributed by atoms with E-state index >= 15 is 0 Å². The first-order chi connectivity index (χ1) is 12.8. The monoisotopic (exact) mass is 394 g/mol. The number of carbonyl (C=O) groups is 4. The van der Waals surface area contributed by atoms with Gasteiger partial charge in [0.25, 0.3) is 5.91 Å². The fourth-order valence-electron chi connectivity index (χ4n) is 4.51. The van der Waals surface area contributed by atoms with E-state index in [-0.39, 0.29) is 33.9 Å². The number of fused-ring (bicyclic) bond motifs is 2. The van der Waals surface area contributed by atoms with Crippen molar-refractivity contribution in [3.63, 3.8) is 0 Å². The first-order valence-corrected chi connectivity index (χ1v) is 9.71. The van der Waals surface area contributed by atoms with Crippen molar-refractivity contribution >= 4 is 40.1 Å². The zero-order chi connectivity index (χ0) is 19.9. The normalized spacial score (nSPS) is 26.0. The van der Waals surface area contributed by atoms with Gasteiger partial charge >= 0.3 is 11.9 Å². The molecule has 1 aromatic heterocycles. The van der Waals surface area contributed by atoms with Gasteiger partial charge in [-0.1, -0.05) is 0 Å². The van der Waals surface area contributed by atoms with Crippen LogP contribution in [-0.2, 0) is 14.3 Å². The Balaban J connectivity index is 1.89. The number of rotatable bonds is 6. The van der Waals surface area contributed by atoms with Crippen molar-refractivity contribution in [2.75, 3.05) is 11.9 Å². The van der Waals surface area contributed by atoms with Crippen LogP contribution >= 0.6 is 11.3 Å². The van der Waals surface area contributed by atoms with Crippen molar-refractivity contribution in [1.29, 1.82) is 0 Å². The van der Waals surface area contributed by atoms with Gasteiger partial charge < -0.3 is 20.9 Å². The van der Waals surface area contributed by atoms with Crippen LogP contribution in [0, 0.1) is 30.6 Å². The summed E-state index contributed by atoms with van der Waals surface area (Å²) in [5, 5.41) is 12.4. The van der Waals surface area contributed by atoms with E-state index in [2.05, 4.69) is 5.32 Å². The van der Waals surface area contributed by atoms with Crippen molar-refractivity contribution in [2.24, 2.45) is 29.4 Å². The van der Waals surface area contributed by atoms with Gasteiger partial charge in [0.15, 0.2) is 0 Å². The number of carbonyl (C=O) groups excluding carboxylic acids is 3. The molecule has 2 bridgehead atoms. The Hall–Kier alpha value is -2.42. The van der Waals surface area contributed by atoms with E-state index in [1.807, 2.05) is 0 Å². The van der Waals surface area contributed by atoms with Gasteiger partial charge in [-0.15, -0.1) is 11.3 Å². The molecule has 2 aliphatic rings. The van der Waals surface area contributed by atoms with Gasteiger partial charge in [-0.2, -0.15) is 0 Å². The molecule has 9 heteroatoms. The summed E-state index contributed by atoms with van der Waals surface area (Å²) in [4.78, 5) is 48.7. The Morgan fingerprint density at radius 1 is 1.22 bits per heavy atom. The van der Waals surface area contributed by atoms with Crippen molar-refractivity contribution in [2.45, 2.75) is 33.1 Å². The van der Waals surface area contributed by atoms with E-state index in [1.165, 1.54) is 0 Å². The molecule has 0 aliphatic heterocycles. The molecule has 2 amide bonds. The smallest absolute Gasteiger partial charge is 0.348 e. The average molecular weight is 394 g/mol. The minimum atomic E-state index is -0.966. The van der Waals surface area contributed by atoms with E-state index in [0.717, 1.165) is 30.6 Å². The predicted molar refractivity (Wildman–Crippen MR) is 97.6 cm³/mol. The number of carboxylic acid groups (broad SMARTS) is 1. The largest absolute Gasteiger partial charge is 0.481 e. The summed E-state index contributed by atoms with van der Waals surface area (Å²) in [5.41, 5.74) is 5.85. The third kappa shape index (κ3) is 3.31. The van der Waals surface area contributed by atoms with Crippen molar-refractivity contribution in [3.8, 4) is 0 Å². The molecule has 27 heavy (non-hydrogen) atoms. The van der Waals surface area contributed by atoms with Crippen LogP contribution in [0.4, 0.5) is 5.00 Å². The first-order valence-electron chi connectivity index (χ1n) is 8.90. The molecule has 1 aromatic rings. The van der Waals surface area contributed by atoms with Gasteiger partial charge in [-0.3, -0.25) is 14.4 Å². The van der Waals surface area contributed by atoms with Crippen LogP contribution in [0.3, 0.4) is 0 Å². The molecule has 4 N–H and O–H groups in total. The standard InChI is InChI=1S/C18H22N2O6S/c1-3-26-18(25)13-7(2)10(14(19)21)16(27-13)20-15(22)11-8-4-5-9(6-8)12(11)17(23)24/h8-9,11-12H,3-6H2,1-2H3,(H2,19,21)(H,20,22)(H,23,24)/t8-,9+,11+,12+/m1/s1. The van der Waals surface area contributed by atoms with E-state index in [1.54, 1.807) is 13.8 Å². The lowest BCUT2D eigenvalue weighted by Gasteiger charge is -2.26. The lowest BCUT2D eigenvalue weighted by Crippen LogP contribution is -2.38. The summed E-state index contributed by atoms with van der Waals surface area (Å²) in [6.07, 6.45) is 2.38. The fraction of sp³-hybridized carbons (Fsp3) is 0.556. The molecule has 0 radical (unpaired) electrons. The highest BCUT2D eigenvalue weighted by Crippen LogP contribution is 2.53. The Bertz CT molecular complexity index is 817. The van der Waals surface area contributed by atoms with Crippen molar-refractivity contribution in [3.05, 3.63) is 16.0 Å². The highest BCUT2D eigenvalue weighted by molar-refractivity contribution is 7.18. The number of aliphatic carboxylic acids is 1. The predicted octanol–water partition coefficient (Wildman–Crippen LogP) is 2.02. The van der Waals surface area contributed by atoms with E-state index < -0.39 is 35.6 Å². The Morgan fingerprint density at radius 2 is 1.85 bits per heavy atom. The fourth-order valence-corrected chi connectivity index (χ4v) is 5.62. The quantitative estimate of drug-likeness (QED) is 0.632. The number of anilines is 1. The molecule has 2 saturated carbocycles. The number of hydrogen-bond acceptors (Lipinski definition) is 6. The Labute approximate surface area is 160 Å². The minimum absolute atomic E-state index is 0.0130. The molecule has 0 saturated heterocycles. The molecule has 146 valence electrons. The van der Waals surface area contributed by atoms with Crippen LogP contribution < -0.4 is 11.1 Å². The lowest BCUT2D eigenvalue weighted by molar-refractivity contribution is -0.148. The second kappa shape index (κ2) is 7.30. The first kappa shape index (κ1) is 19.3. The van der Waals surface area contributed by atoms with Gasteiger partial charge in [0.05, 0.1) is 24.0 Å². The maximum atomic E-state index is 12.9. The second-order valence-corrected chi connectivity index (χ2v) is 8.08. The third-order valence-electron chi connectivity index (χ3n) is 5.60. The van der Waals surface area contributed by atoms with Gasteiger partial charge in [0, 0.05) is 0 Å². The number of thiophene rings is 1. The molecule has 1 heterocycles. The number of nitrogens with two attached hydrogens (primary N) is 1. The van der Waals surface area contributed by atoms with Gasteiger partial charge in [-0.05, 0) is 50.5 Å².